The van der Waals surface area contributed by atoms with E-state index in [1.807, 2.05) is 0 Å². The Morgan fingerprint density at radius 1 is 1.15 bits per heavy atom. The largest absolute Gasteiger partial charge is 0.477 e. The number of nitrogen functional groups attached to an aromatic ring is 1. The predicted molar refractivity (Wildman–Crippen MR) is 168 cm³/mol. The van der Waals surface area contributed by atoms with Gasteiger partial charge in [0.05, 0.1) is 41.5 Å². The van der Waals surface area contributed by atoms with Crippen LogP contribution in [0.5, 0.6) is 11.9 Å². The summed E-state index contributed by atoms with van der Waals surface area (Å²) in [6.07, 6.45) is -1.64. The lowest BCUT2D eigenvalue weighted by molar-refractivity contribution is -0.137. The number of nitrogens with two attached hydrogens (primary N) is 1. The van der Waals surface area contributed by atoms with Crippen molar-refractivity contribution in [3.05, 3.63) is 28.5 Å². The summed E-state index contributed by atoms with van der Waals surface area (Å²) in [7, 11) is 0. The minimum atomic E-state index is -4.95. The Kier molecular flexibility index (Phi) is 7.77. The van der Waals surface area contributed by atoms with E-state index in [2.05, 4.69) is 25.1 Å². The standard InChI is InChI=1S/C32H35ClF5N7O3/c33-21-10-18(39)9-20(23(21)32(36,37)38)25-24(35)26-22-27(43-29(42-26)48-16-30-4-2-7-44(30)12-17(34)11-30)45(13-19-3-1-6-40-19)31(14-46-15-31)5-8-47-28(22)41-25/h9-10,17,19,40H,1-8,11-16,39H2/t17-,19?,30+/m1/s1. The van der Waals surface area contributed by atoms with Crippen LogP contribution in [0, 0.1) is 5.82 Å². The van der Waals surface area contributed by atoms with E-state index in [0.29, 0.717) is 39.1 Å². The Bertz CT molecular complexity index is 1760. The molecule has 10 nitrogen and oxygen atoms in total. The summed E-state index contributed by atoms with van der Waals surface area (Å²) in [5.74, 6) is -0.968. The zero-order valence-corrected chi connectivity index (χ0v) is 26.8. The molecule has 48 heavy (non-hydrogen) atoms. The van der Waals surface area contributed by atoms with E-state index in [9.17, 15) is 17.6 Å². The van der Waals surface area contributed by atoms with E-state index in [0.717, 1.165) is 50.9 Å². The smallest absolute Gasteiger partial charge is 0.418 e. The Labute approximate surface area is 278 Å². The van der Waals surface area contributed by atoms with Gasteiger partial charge >= 0.3 is 12.2 Å². The SMILES string of the molecule is Nc1cc(Cl)c(C(F)(F)F)c(-c2nc3c4c(nc(OC[C@@]56CCCN5C[C@H](F)C6)nc4c2F)N(CC2CCCN2)C2(CCO3)COC2)c1. The summed E-state index contributed by atoms with van der Waals surface area (Å²) in [5, 5.41) is 2.93. The average Bonchev–Trinajstić information content (AvgIpc) is 3.72. The van der Waals surface area contributed by atoms with Crippen LogP contribution in [0.3, 0.4) is 0 Å². The van der Waals surface area contributed by atoms with Gasteiger partial charge in [-0.25, -0.2) is 13.8 Å². The third kappa shape index (κ3) is 5.28. The number of fused-ring (bicyclic) bond motifs is 1. The van der Waals surface area contributed by atoms with E-state index < -0.39 is 51.1 Å². The van der Waals surface area contributed by atoms with Crippen molar-refractivity contribution in [2.24, 2.45) is 0 Å². The minimum absolute atomic E-state index is 0.0722. The summed E-state index contributed by atoms with van der Waals surface area (Å²) in [5.41, 5.74) is 1.81. The minimum Gasteiger partial charge on any atom is -0.477 e. The van der Waals surface area contributed by atoms with Gasteiger partial charge in [0.15, 0.2) is 5.82 Å². The first-order valence-corrected chi connectivity index (χ1v) is 16.7. The maximum Gasteiger partial charge on any atom is 0.418 e. The van der Waals surface area contributed by atoms with E-state index in [-0.39, 0.29) is 53.6 Å². The number of alkyl halides is 4. The molecule has 258 valence electrons. The number of pyridine rings is 1. The molecule has 0 aliphatic carbocycles. The topological polar surface area (TPSA) is 111 Å². The summed E-state index contributed by atoms with van der Waals surface area (Å²) in [6, 6.07) is 1.87. The molecular formula is C32H35ClF5N7O3. The lowest BCUT2D eigenvalue weighted by Gasteiger charge is -2.51. The molecule has 1 aromatic carbocycles. The molecule has 2 aromatic heterocycles. The van der Waals surface area contributed by atoms with Crippen LogP contribution < -0.4 is 25.4 Å². The van der Waals surface area contributed by atoms with Gasteiger partial charge in [-0.1, -0.05) is 11.6 Å². The molecule has 3 atom stereocenters. The number of anilines is 2. The van der Waals surface area contributed by atoms with Gasteiger partial charge in [-0.05, 0) is 50.9 Å². The van der Waals surface area contributed by atoms with Gasteiger partial charge in [-0.2, -0.15) is 23.1 Å². The normalized spacial score (nSPS) is 26.8. The molecule has 3 aromatic rings. The van der Waals surface area contributed by atoms with Crippen LogP contribution in [-0.2, 0) is 10.9 Å². The molecule has 1 spiro atoms. The quantitative estimate of drug-likeness (QED) is 0.266. The van der Waals surface area contributed by atoms with E-state index in [4.69, 9.17) is 36.5 Å². The summed E-state index contributed by atoms with van der Waals surface area (Å²) >= 11 is 6.05. The van der Waals surface area contributed by atoms with Gasteiger partial charge in [0, 0.05) is 43.2 Å². The lowest BCUT2D eigenvalue weighted by atomic mass is 9.89. The van der Waals surface area contributed by atoms with Crippen LogP contribution in [0.25, 0.3) is 22.2 Å². The number of halogens is 6. The summed E-state index contributed by atoms with van der Waals surface area (Å²) < 4.78 is 92.6. The first kappa shape index (κ1) is 32.0. The van der Waals surface area contributed by atoms with E-state index in [1.54, 1.807) is 0 Å². The number of hydrogen-bond acceptors (Lipinski definition) is 10. The third-order valence-corrected chi connectivity index (χ3v) is 10.8. The lowest BCUT2D eigenvalue weighted by Crippen LogP contribution is -2.65. The van der Waals surface area contributed by atoms with Gasteiger partial charge in [0.1, 0.15) is 35.2 Å². The number of ether oxygens (including phenoxy) is 3. The van der Waals surface area contributed by atoms with Crippen molar-refractivity contribution in [1.29, 1.82) is 0 Å². The van der Waals surface area contributed by atoms with E-state index in [1.165, 1.54) is 0 Å². The molecule has 4 saturated heterocycles. The van der Waals surface area contributed by atoms with Gasteiger partial charge in [0.2, 0.25) is 5.88 Å². The van der Waals surface area contributed by atoms with Crippen molar-refractivity contribution < 1.29 is 36.2 Å². The molecule has 0 amide bonds. The Morgan fingerprint density at radius 3 is 2.71 bits per heavy atom. The van der Waals surface area contributed by atoms with Crippen molar-refractivity contribution in [3.63, 3.8) is 0 Å². The molecule has 0 saturated carbocycles. The monoisotopic (exact) mass is 695 g/mol. The Hall–Kier alpha value is -3.27. The fourth-order valence-electron chi connectivity index (χ4n) is 8.14. The molecule has 0 radical (unpaired) electrons. The van der Waals surface area contributed by atoms with E-state index >= 15 is 4.39 Å². The van der Waals surface area contributed by atoms with Crippen LogP contribution >= 0.6 is 11.6 Å². The molecule has 5 aliphatic heterocycles. The molecule has 3 N–H and O–H groups in total. The number of rotatable bonds is 6. The second-order valence-electron chi connectivity index (χ2n) is 13.6. The zero-order chi connectivity index (χ0) is 33.4. The van der Waals surface area contributed by atoms with Gasteiger partial charge in [-0.3, -0.25) is 4.90 Å². The number of aromatic nitrogens is 3. The highest BCUT2D eigenvalue weighted by atomic mass is 35.5. The molecule has 4 fully saturated rings. The van der Waals surface area contributed by atoms with Crippen molar-refractivity contribution in [1.82, 2.24) is 25.2 Å². The maximum atomic E-state index is 16.9. The van der Waals surface area contributed by atoms with Crippen LogP contribution in [-0.4, -0.2) is 95.7 Å². The summed E-state index contributed by atoms with van der Waals surface area (Å²) in [4.78, 5) is 17.8. The van der Waals surface area contributed by atoms with Crippen molar-refractivity contribution >= 4 is 34.0 Å². The molecule has 8 rings (SSSR count). The third-order valence-electron chi connectivity index (χ3n) is 10.5. The fourth-order valence-corrected chi connectivity index (χ4v) is 8.48. The van der Waals surface area contributed by atoms with Crippen molar-refractivity contribution in [2.75, 3.05) is 63.2 Å². The van der Waals surface area contributed by atoms with Gasteiger partial charge in [0.25, 0.3) is 0 Å². The highest BCUT2D eigenvalue weighted by Crippen LogP contribution is 2.48. The molecular weight excluding hydrogens is 661 g/mol. The van der Waals surface area contributed by atoms with Crippen LogP contribution in [0.2, 0.25) is 5.02 Å². The first-order valence-electron chi connectivity index (χ1n) is 16.3. The fraction of sp³-hybridized carbons (Fsp3) is 0.594. The van der Waals surface area contributed by atoms with Crippen molar-refractivity contribution in [2.45, 2.75) is 68.0 Å². The Balaban J connectivity index is 1.33. The van der Waals surface area contributed by atoms with Gasteiger partial charge in [-0.15, -0.1) is 0 Å². The molecule has 16 heteroatoms. The number of nitrogens with one attached hydrogen (secondary N) is 1. The second-order valence-corrected chi connectivity index (χ2v) is 14.0. The van der Waals surface area contributed by atoms with Crippen molar-refractivity contribution in [3.8, 4) is 23.1 Å². The molecule has 5 aliphatic rings. The second kappa shape index (κ2) is 11.7. The number of nitrogens with zero attached hydrogens (tertiary/aromatic N) is 5. The number of benzene rings is 1. The van der Waals surface area contributed by atoms with Crippen LogP contribution in [0.15, 0.2) is 12.1 Å². The maximum absolute atomic E-state index is 16.9. The van der Waals surface area contributed by atoms with Gasteiger partial charge < -0.3 is 30.2 Å². The Morgan fingerprint density at radius 2 is 1.98 bits per heavy atom. The average molecular weight is 696 g/mol. The summed E-state index contributed by atoms with van der Waals surface area (Å²) in [6.45, 7) is 3.37. The predicted octanol–water partition coefficient (Wildman–Crippen LogP) is 5.15. The molecule has 0 bridgehead atoms. The molecule has 1 unspecified atom stereocenters. The van der Waals surface area contributed by atoms with Crippen LogP contribution in [0.4, 0.5) is 33.5 Å². The molecule has 7 heterocycles. The number of hydrogen-bond donors (Lipinski definition) is 2. The highest BCUT2D eigenvalue weighted by molar-refractivity contribution is 6.32. The van der Waals surface area contributed by atoms with Crippen LogP contribution in [0.1, 0.15) is 44.1 Å². The zero-order valence-electron chi connectivity index (χ0n) is 26.0. The first-order chi connectivity index (χ1) is 23.0. The highest BCUT2D eigenvalue weighted by Gasteiger charge is 2.51.